The van der Waals surface area contributed by atoms with Crippen LogP contribution in [-0.2, 0) is 11.4 Å². The van der Waals surface area contributed by atoms with Crippen molar-refractivity contribution in [3.05, 3.63) is 131 Å². The molecular weight excluding hydrogens is 480 g/mol. The second-order valence-electron chi connectivity index (χ2n) is 8.53. The fourth-order valence-electron chi connectivity index (χ4n) is 4.06. The summed E-state index contributed by atoms with van der Waals surface area (Å²) < 4.78 is 11.5. The molecule has 0 fully saturated rings. The highest BCUT2D eigenvalue weighted by Gasteiger charge is 2.32. The number of hydrazone groups is 1. The van der Waals surface area contributed by atoms with Gasteiger partial charge in [-0.2, -0.15) is 10.1 Å². The van der Waals surface area contributed by atoms with Crippen molar-refractivity contribution in [2.75, 3.05) is 12.1 Å². The van der Waals surface area contributed by atoms with Gasteiger partial charge in [-0.3, -0.25) is 4.79 Å². The number of carbonyl (C=O) groups is 2. The third-order valence-corrected chi connectivity index (χ3v) is 6.02. The summed E-state index contributed by atoms with van der Waals surface area (Å²) in [6, 6.07) is 30.8. The Bertz CT molecular complexity index is 1530. The first kappa shape index (κ1) is 24.5. The van der Waals surface area contributed by atoms with Crippen molar-refractivity contribution < 1.29 is 24.2 Å². The first-order valence-corrected chi connectivity index (χ1v) is 11.9. The van der Waals surface area contributed by atoms with Crippen LogP contribution < -0.4 is 14.5 Å². The maximum absolute atomic E-state index is 13.5. The lowest BCUT2D eigenvalue weighted by Gasteiger charge is -2.12. The topological polar surface area (TPSA) is 88.4 Å². The Balaban J connectivity index is 1.43. The number of rotatable bonds is 8. The number of hydrogen-bond acceptors (Lipinski definition) is 5. The van der Waals surface area contributed by atoms with E-state index < -0.39 is 5.97 Å². The monoisotopic (exact) mass is 504 g/mol. The summed E-state index contributed by atoms with van der Waals surface area (Å²) in [5, 5.41) is 15.1. The van der Waals surface area contributed by atoms with Crippen molar-refractivity contribution in [2.45, 2.75) is 6.61 Å². The Kier molecular flexibility index (Phi) is 6.99. The van der Waals surface area contributed by atoms with E-state index in [1.807, 2.05) is 66.7 Å². The summed E-state index contributed by atoms with van der Waals surface area (Å²) in [4.78, 5) is 24.5. The minimum atomic E-state index is -0.975. The van der Waals surface area contributed by atoms with Crippen LogP contribution in [0, 0.1) is 0 Å². The average Bonchev–Trinajstić information content (AvgIpc) is 3.29. The van der Waals surface area contributed by atoms with E-state index in [4.69, 9.17) is 14.6 Å². The highest BCUT2D eigenvalue weighted by Crippen LogP contribution is 2.32. The fraction of sp³-hybridized carbons (Fsp3) is 0.0645. The molecule has 0 saturated carbocycles. The molecule has 1 N–H and O–H groups in total. The Morgan fingerprint density at radius 2 is 1.58 bits per heavy atom. The second kappa shape index (κ2) is 10.8. The number of carboxylic acids is 1. The smallest absolute Gasteiger partial charge is 0.335 e. The van der Waals surface area contributed by atoms with Crippen molar-refractivity contribution >= 4 is 29.4 Å². The van der Waals surface area contributed by atoms with Crippen LogP contribution in [0.1, 0.15) is 27.0 Å². The zero-order valence-electron chi connectivity index (χ0n) is 20.6. The van der Waals surface area contributed by atoms with Gasteiger partial charge in [-0.1, -0.05) is 66.7 Å². The third-order valence-electron chi connectivity index (χ3n) is 6.02. The number of ether oxygens (including phenoxy) is 2. The summed E-state index contributed by atoms with van der Waals surface area (Å²) in [5.74, 6) is -0.168. The molecule has 4 aromatic rings. The zero-order valence-corrected chi connectivity index (χ0v) is 20.6. The molecule has 1 aliphatic heterocycles. The largest absolute Gasteiger partial charge is 0.493 e. The van der Waals surface area contributed by atoms with Crippen LogP contribution in [0.4, 0.5) is 5.69 Å². The normalized spacial score (nSPS) is 13.9. The molecule has 0 unspecified atom stereocenters. The van der Waals surface area contributed by atoms with Gasteiger partial charge < -0.3 is 14.6 Å². The molecule has 7 heteroatoms. The standard InChI is InChI=1S/C31H24N2O5/c1-37-28-19-22(14-17-27(28)38-20-21-12-15-24(16-13-21)31(35)36)18-26-29(23-8-4-2-5-9-23)32-33(30(26)34)25-10-6-3-7-11-25/h2-19H,20H2,1H3,(H,35,36)/b26-18-. The maximum atomic E-state index is 13.5. The lowest BCUT2D eigenvalue weighted by Crippen LogP contribution is -2.21. The van der Waals surface area contributed by atoms with Crippen LogP contribution in [0.15, 0.2) is 114 Å². The van der Waals surface area contributed by atoms with Crippen molar-refractivity contribution in [1.82, 2.24) is 0 Å². The van der Waals surface area contributed by atoms with Crippen molar-refractivity contribution in [2.24, 2.45) is 5.10 Å². The molecular formula is C31H24N2O5. The highest BCUT2D eigenvalue weighted by atomic mass is 16.5. The number of nitrogens with zero attached hydrogens (tertiary/aromatic N) is 2. The number of amides is 1. The van der Waals surface area contributed by atoms with Gasteiger partial charge >= 0.3 is 5.97 Å². The van der Waals surface area contributed by atoms with Crippen LogP contribution in [-0.4, -0.2) is 29.8 Å². The molecule has 38 heavy (non-hydrogen) atoms. The van der Waals surface area contributed by atoms with Crippen LogP contribution in [0.25, 0.3) is 6.08 Å². The number of para-hydroxylation sites is 1. The number of carbonyl (C=O) groups excluding carboxylic acids is 1. The predicted molar refractivity (Wildman–Crippen MR) is 146 cm³/mol. The maximum Gasteiger partial charge on any atom is 0.335 e. The van der Waals surface area contributed by atoms with Gasteiger partial charge in [-0.15, -0.1) is 0 Å². The van der Waals surface area contributed by atoms with Gasteiger partial charge in [0.15, 0.2) is 11.5 Å². The lowest BCUT2D eigenvalue weighted by molar-refractivity contribution is -0.114. The quantitative estimate of drug-likeness (QED) is 0.306. The summed E-state index contributed by atoms with van der Waals surface area (Å²) in [5.41, 5.74) is 4.37. The number of aromatic carboxylic acids is 1. The Hall–Kier alpha value is -5.17. The average molecular weight is 505 g/mol. The predicted octanol–water partition coefficient (Wildman–Crippen LogP) is 5.81. The number of carboxylic acid groups (broad SMARTS) is 1. The van der Waals surface area contributed by atoms with E-state index in [0.717, 1.165) is 16.7 Å². The molecule has 4 aromatic carbocycles. The number of anilines is 1. The van der Waals surface area contributed by atoms with Crippen LogP contribution in [0.3, 0.4) is 0 Å². The summed E-state index contributed by atoms with van der Waals surface area (Å²) in [7, 11) is 1.55. The third kappa shape index (κ3) is 5.17. The van der Waals surface area contributed by atoms with Gasteiger partial charge in [0, 0.05) is 5.56 Å². The number of methoxy groups -OCH3 is 1. The number of benzene rings is 4. The Labute approximate surface area is 219 Å². The molecule has 1 amide bonds. The van der Waals surface area contributed by atoms with Crippen LogP contribution in [0.2, 0.25) is 0 Å². The van der Waals surface area contributed by atoms with E-state index in [-0.39, 0.29) is 18.1 Å². The Morgan fingerprint density at radius 3 is 2.24 bits per heavy atom. The van der Waals surface area contributed by atoms with E-state index in [1.54, 1.807) is 37.5 Å². The minimum absolute atomic E-state index is 0.217. The van der Waals surface area contributed by atoms with Gasteiger partial charge in [-0.05, 0) is 53.6 Å². The first-order chi connectivity index (χ1) is 18.5. The van der Waals surface area contributed by atoms with Gasteiger partial charge in [0.1, 0.15) is 12.3 Å². The zero-order chi connectivity index (χ0) is 26.5. The molecule has 0 radical (unpaired) electrons. The molecule has 1 aliphatic rings. The summed E-state index contributed by atoms with van der Waals surface area (Å²) in [6.45, 7) is 0.242. The molecule has 0 atom stereocenters. The van der Waals surface area contributed by atoms with Crippen LogP contribution >= 0.6 is 0 Å². The molecule has 0 aromatic heterocycles. The lowest BCUT2D eigenvalue weighted by atomic mass is 10.00. The molecule has 0 bridgehead atoms. The molecule has 0 aliphatic carbocycles. The highest BCUT2D eigenvalue weighted by molar-refractivity contribution is 6.37. The van der Waals surface area contributed by atoms with Crippen LogP contribution in [0.5, 0.6) is 11.5 Å². The van der Waals surface area contributed by atoms with Gasteiger partial charge in [0.05, 0.1) is 23.9 Å². The molecule has 188 valence electrons. The SMILES string of the molecule is COc1cc(/C=C2\C(=O)N(c3ccccc3)N=C2c2ccccc2)ccc1OCc1ccc(C(=O)O)cc1. The van der Waals surface area contributed by atoms with E-state index >= 15 is 0 Å². The fourth-order valence-corrected chi connectivity index (χ4v) is 4.06. The van der Waals surface area contributed by atoms with Gasteiger partial charge in [-0.25, -0.2) is 4.79 Å². The molecule has 0 spiro atoms. The molecule has 5 rings (SSSR count). The minimum Gasteiger partial charge on any atom is -0.493 e. The van der Waals surface area contributed by atoms with E-state index in [2.05, 4.69) is 5.10 Å². The molecule has 0 saturated heterocycles. The first-order valence-electron chi connectivity index (χ1n) is 11.9. The summed E-state index contributed by atoms with van der Waals surface area (Å²) >= 11 is 0. The van der Waals surface area contributed by atoms with Crippen molar-refractivity contribution in [1.29, 1.82) is 0 Å². The van der Waals surface area contributed by atoms with E-state index in [0.29, 0.717) is 28.5 Å². The van der Waals surface area contributed by atoms with E-state index in [1.165, 1.54) is 17.1 Å². The summed E-state index contributed by atoms with van der Waals surface area (Å²) in [6.07, 6.45) is 1.80. The van der Waals surface area contributed by atoms with Crippen molar-refractivity contribution in [3.8, 4) is 11.5 Å². The van der Waals surface area contributed by atoms with Crippen molar-refractivity contribution in [3.63, 3.8) is 0 Å². The van der Waals surface area contributed by atoms with Gasteiger partial charge in [0.25, 0.3) is 5.91 Å². The second-order valence-corrected chi connectivity index (χ2v) is 8.53. The number of hydrogen-bond donors (Lipinski definition) is 1. The Morgan fingerprint density at radius 1 is 0.895 bits per heavy atom. The van der Waals surface area contributed by atoms with Gasteiger partial charge in [0.2, 0.25) is 0 Å². The van der Waals surface area contributed by atoms with E-state index in [9.17, 15) is 9.59 Å². The molecule has 1 heterocycles. The molecule has 7 nitrogen and oxygen atoms in total.